The third-order valence-corrected chi connectivity index (χ3v) is 5.74. The van der Waals surface area contributed by atoms with Crippen molar-refractivity contribution in [2.45, 2.75) is 19.3 Å². The summed E-state index contributed by atoms with van der Waals surface area (Å²) in [5.41, 5.74) is 3.25. The van der Waals surface area contributed by atoms with Crippen LogP contribution in [0.2, 0.25) is 5.02 Å². The highest BCUT2D eigenvalue weighted by molar-refractivity contribution is 6.31. The number of aromatic nitrogens is 1. The number of nitrogens with one attached hydrogen (secondary N) is 2. The number of nitrogens with zero attached hydrogens (tertiary/aromatic N) is 2. The summed E-state index contributed by atoms with van der Waals surface area (Å²) in [5.74, 6) is -0.240. The minimum atomic E-state index is -0.240. The quantitative estimate of drug-likeness (QED) is 0.497. The van der Waals surface area contributed by atoms with Crippen molar-refractivity contribution in [3.8, 4) is 5.69 Å². The summed E-state index contributed by atoms with van der Waals surface area (Å²) >= 11 is 6.25. The van der Waals surface area contributed by atoms with Gasteiger partial charge in [0.2, 0.25) is 0 Å². The van der Waals surface area contributed by atoms with Gasteiger partial charge in [-0.15, -0.1) is 0 Å². The van der Waals surface area contributed by atoms with Crippen LogP contribution >= 0.6 is 11.6 Å². The van der Waals surface area contributed by atoms with Crippen LogP contribution in [0.3, 0.4) is 0 Å². The minimum absolute atomic E-state index is 0.0352. The van der Waals surface area contributed by atoms with Gasteiger partial charge in [0.1, 0.15) is 5.82 Å². The molecule has 2 aromatic carbocycles. The highest BCUT2D eigenvalue weighted by atomic mass is 35.5. The molecule has 0 bridgehead atoms. The predicted molar refractivity (Wildman–Crippen MR) is 119 cm³/mol. The molecule has 1 aromatic heterocycles. The smallest absolute Gasteiger partial charge is 0.317 e. The number of benzene rings is 2. The Labute approximate surface area is 180 Å². The number of aryl methyl sites for hydroxylation is 1. The largest absolute Gasteiger partial charge is 0.336 e. The summed E-state index contributed by atoms with van der Waals surface area (Å²) in [4.78, 5) is 13.3. The first-order chi connectivity index (χ1) is 14.6. The molecule has 3 aromatic rings. The summed E-state index contributed by atoms with van der Waals surface area (Å²) in [6.07, 6.45) is 5.18. The van der Waals surface area contributed by atoms with Crippen molar-refractivity contribution in [2.75, 3.05) is 32.7 Å². The topological polar surface area (TPSA) is 49.3 Å². The lowest BCUT2D eigenvalue weighted by Gasteiger charge is -2.14. The average Bonchev–Trinajstić information content (AvgIpc) is 3.31. The van der Waals surface area contributed by atoms with Crippen LogP contribution in [-0.4, -0.2) is 48.2 Å². The molecule has 0 aliphatic carbocycles. The first kappa shape index (κ1) is 20.7. The number of urea groups is 1. The first-order valence-electron chi connectivity index (χ1n) is 10.4. The van der Waals surface area contributed by atoms with E-state index in [1.165, 1.54) is 17.7 Å². The Bertz CT molecular complexity index is 1020. The van der Waals surface area contributed by atoms with Gasteiger partial charge in [0.25, 0.3) is 0 Å². The maximum atomic E-state index is 13.3. The van der Waals surface area contributed by atoms with Crippen LogP contribution in [-0.2, 0) is 6.42 Å². The fraction of sp³-hybridized carbons (Fsp3) is 0.348. The molecule has 0 atom stereocenters. The van der Waals surface area contributed by atoms with Gasteiger partial charge in [-0.05, 0) is 73.8 Å². The number of hydrogen-bond acceptors (Lipinski definition) is 2. The van der Waals surface area contributed by atoms with E-state index in [2.05, 4.69) is 21.4 Å². The van der Waals surface area contributed by atoms with Crippen LogP contribution < -0.4 is 10.6 Å². The van der Waals surface area contributed by atoms with Crippen LogP contribution in [0.1, 0.15) is 18.4 Å². The summed E-state index contributed by atoms with van der Waals surface area (Å²) in [7, 11) is 0. The van der Waals surface area contributed by atoms with Crippen molar-refractivity contribution in [3.05, 3.63) is 65.1 Å². The van der Waals surface area contributed by atoms with E-state index >= 15 is 0 Å². The van der Waals surface area contributed by atoms with Crippen molar-refractivity contribution in [2.24, 2.45) is 0 Å². The second-order valence-electron chi connectivity index (χ2n) is 7.59. The molecule has 1 aliphatic rings. The first-order valence-corrected chi connectivity index (χ1v) is 10.8. The van der Waals surface area contributed by atoms with Crippen LogP contribution in [0, 0.1) is 5.82 Å². The summed E-state index contributed by atoms with van der Waals surface area (Å²) in [6.45, 7) is 4.02. The highest BCUT2D eigenvalue weighted by Crippen LogP contribution is 2.28. The van der Waals surface area contributed by atoms with Gasteiger partial charge in [-0.25, -0.2) is 9.18 Å². The molecular formula is C23H26ClFN4O. The van der Waals surface area contributed by atoms with Gasteiger partial charge < -0.3 is 20.1 Å². The van der Waals surface area contributed by atoms with Gasteiger partial charge in [-0.3, -0.25) is 0 Å². The molecule has 158 valence electrons. The minimum Gasteiger partial charge on any atom is -0.336 e. The van der Waals surface area contributed by atoms with Crippen LogP contribution in [0.4, 0.5) is 9.18 Å². The second kappa shape index (κ2) is 9.49. The van der Waals surface area contributed by atoms with Crippen molar-refractivity contribution in [3.63, 3.8) is 0 Å². The molecule has 1 saturated heterocycles. The van der Waals surface area contributed by atoms with Gasteiger partial charge in [0, 0.05) is 48.5 Å². The Morgan fingerprint density at radius 3 is 2.70 bits per heavy atom. The highest BCUT2D eigenvalue weighted by Gasteiger charge is 2.18. The van der Waals surface area contributed by atoms with Gasteiger partial charge in [0.05, 0.1) is 5.52 Å². The van der Waals surface area contributed by atoms with Gasteiger partial charge in [-0.1, -0.05) is 11.6 Å². The molecule has 0 saturated carbocycles. The van der Waals surface area contributed by atoms with Crippen molar-refractivity contribution in [1.29, 1.82) is 0 Å². The fourth-order valence-corrected chi connectivity index (χ4v) is 4.09. The number of fused-ring (bicyclic) bond motifs is 1. The molecule has 0 radical (unpaired) electrons. The number of halogens is 2. The number of hydrogen-bond donors (Lipinski definition) is 2. The molecule has 2 heterocycles. The van der Waals surface area contributed by atoms with E-state index in [0.29, 0.717) is 5.02 Å². The monoisotopic (exact) mass is 428 g/mol. The Morgan fingerprint density at radius 1 is 1.10 bits per heavy atom. The van der Waals surface area contributed by atoms with E-state index in [4.69, 9.17) is 11.6 Å². The summed E-state index contributed by atoms with van der Waals surface area (Å²) in [6, 6.07) is 12.5. The van der Waals surface area contributed by atoms with E-state index in [1.807, 2.05) is 23.1 Å². The zero-order valence-electron chi connectivity index (χ0n) is 16.8. The lowest BCUT2D eigenvalue weighted by Crippen LogP contribution is -2.34. The standard InChI is InChI=1S/C23H26ClFN4O/c24-18-4-9-22-21(15-18)17(16-29(22)20-7-5-19(25)6-8-20)3-1-2-10-26-11-13-28-14-12-27-23(28)30/h4-9,15-16,26H,1-3,10-14H2,(H,27,30). The molecule has 1 aliphatic heterocycles. The summed E-state index contributed by atoms with van der Waals surface area (Å²) in [5, 5.41) is 8.09. The van der Waals surface area contributed by atoms with Crippen molar-refractivity contribution in [1.82, 2.24) is 20.1 Å². The van der Waals surface area contributed by atoms with Crippen LogP contribution in [0.25, 0.3) is 16.6 Å². The molecule has 4 rings (SSSR count). The molecular weight excluding hydrogens is 403 g/mol. The summed E-state index contributed by atoms with van der Waals surface area (Å²) < 4.78 is 15.4. The molecule has 30 heavy (non-hydrogen) atoms. The van der Waals surface area contributed by atoms with E-state index in [1.54, 1.807) is 12.1 Å². The average molecular weight is 429 g/mol. The third kappa shape index (κ3) is 4.77. The molecule has 2 amide bonds. The Balaban J connectivity index is 1.34. The number of carbonyl (C=O) groups is 1. The van der Waals surface area contributed by atoms with Crippen molar-refractivity contribution < 1.29 is 9.18 Å². The third-order valence-electron chi connectivity index (χ3n) is 5.51. The maximum Gasteiger partial charge on any atom is 0.317 e. The van der Waals surface area contributed by atoms with E-state index in [9.17, 15) is 9.18 Å². The lowest BCUT2D eigenvalue weighted by atomic mass is 10.1. The lowest BCUT2D eigenvalue weighted by molar-refractivity contribution is 0.217. The van der Waals surface area contributed by atoms with Gasteiger partial charge >= 0.3 is 6.03 Å². The second-order valence-corrected chi connectivity index (χ2v) is 8.02. The van der Waals surface area contributed by atoms with E-state index in [0.717, 1.165) is 68.6 Å². The number of carbonyl (C=O) groups excluding carboxylic acids is 1. The number of rotatable bonds is 9. The van der Waals surface area contributed by atoms with E-state index in [-0.39, 0.29) is 11.8 Å². The predicted octanol–water partition coefficient (Wildman–Crippen LogP) is 4.36. The van der Waals surface area contributed by atoms with Gasteiger partial charge in [-0.2, -0.15) is 0 Å². The van der Waals surface area contributed by atoms with E-state index < -0.39 is 0 Å². The fourth-order valence-electron chi connectivity index (χ4n) is 3.91. The zero-order valence-corrected chi connectivity index (χ0v) is 17.6. The Kier molecular flexibility index (Phi) is 6.55. The van der Waals surface area contributed by atoms with Crippen molar-refractivity contribution >= 4 is 28.5 Å². The SMILES string of the molecule is O=C1NCCN1CCNCCCCc1cn(-c2ccc(F)cc2)c2ccc(Cl)cc12. The Hall–Kier alpha value is -2.57. The number of unbranched alkanes of at least 4 members (excludes halogenated alkanes) is 1. The molecule has 5 nitrogen and oxygen atoms in total. The van der Waals surface area contributed by atoms with Crippen LogP contribution in [0.15, 0.2) is 48.7 Å². The molecule has 2 N–H and O–H groups in total. The molecule has 1 fully saturated rings. The molecule has 7 heteroatoms. The molecule has 0 spiro atoms. The van der Waals surface area contributed by atoms with Gasteiger partial charge in [0.15, 0.2) is 0 Å². The zero-order chi connectivity index (χ0) is 20.9. The molecule has 0 unspecified atom stereocenters. The number of amides is 2. The Morgan fingerprint density at radius 2 is 1.93 bits per heavy atom. The van der Waals surface area contributed by atoms with Crippen LogP contribution in [0.5, 0.6) is 0 Å². The maximum absolute atomic E-state index is 13.3. The normalized spacial score (nSPS) is 13.9.